The molecular weight excluding hydrogens is 422 g/mol. The van der Waals surface area contributed by atoms with Gasteiger partial charge in [-0.25, -0.2) is 4.98 Å². The van der Waals surface area contributed by atoms with Crippen LogP contribution in [0.15, 0.2) is 30.6 Å². The lowest BCUT2D eigenvalue weighted by atomic mass is 9.95. The number of nitrogens with zero attached hydrogens (tertiary/aromatic N) is 5. The predicted molar refractivity (Wildman–Crippen MR) is 110 cm³/mol. The quantitative estimate of drug-likeness (QED) is 0.624. The molecule has 0 radical (unpaired) electrons. The Morgan fingerprint density at radius 2 is 2.13 bits per heavy atom. The summed E-state index contributed by atoms with van der Waals surface area (Å²) in [7, 11) is 1.50. The number of carbonyl (C=O) groups is 2. The van der Waals surface area contributed by atoms with Crippen LogP contribution < -0.4 is 15.4 Å². The van der Waals surface area contributed by atoms with E-state index in [2.05, 4.69) is 30.9 Å². The average Bonchev–Trinajstić information content (AvgIpc) is 3.34. The number of anilines is 1. The third-order valence-corrected chi connectivity index (χ3v) is 5.87. The highest BCUT2D eigenvalue weighted by atomic mass is 35.5. The predicted octanol–water partition coefficient (Wildman–Crippen LogP) is 2.19. The molecule has 3 aromatic rings. The molecule has 1 saturated carbocycles. The molecule has 10 nitrogen and oxygen atoms in total. The molecule has 31 heavy (non-hydrogen) atoms. The fraction of sp³-hybridized carbons (Fsp3) is 0.300. The number of fused-ring (bicyclic) bond motifs is 2. The smallest absolute Gasteiger partial charge is 0.254 e. The molecule has 1 aromatic carbocycles. The minimum atomic E-state index is -0.534. The maximum absolute atomic E-state index is 13.1. The van der Waals surface area contributed by atoms with E-state index in [9.17, 15) is 9.59 Å². The van der Waals surface area contributed by atoms with E-state index in [1.807, 2.05) is 0 Å². The lowest BCUT2D eigenvalue weighted by Gasteiger charge is -2.16. The van der Waals surface area contributed by atoms with Crippen molar-refractivity contribution in [2.75, 3.05) is 12.4 Å². The molecular formula is C20H18ClN7O3. The maximum atomic E-state index is 13.1. The molecule has 11 heteroatoms. The van der Waals surface area contributed by atoms with Gasteiger partial charge in [0.2, 0.25) is 11.8 Å². The fourth-order valence-corrected chi connectivity index (χ4v) is 4.09. The Balaban J connectivity index is 1.42. The van der Waals surface area contributed by atoms with Gasteiger partial charge in [0, 0.05) is 11.1 Å². The molecule has 2 N–H and O–H groups in total. The highest BCUT2D eigenvalue weighted by Crippen LogP contribution is 2.56. The van der Waals surface area contributed by atoms with Crippen LogP contribution in [0.25, 0.3) is 5.82 Å². The van der Waals surface area contributed by atoms with Crippen molar-refractivity contribution >= 4 is 29.1 Å². The Labute approximate surface area is 182 Å². The highest BCUT2D eigenvalue weighted by Gasteiger charge is 2.57. The van der Waals surface area contributed by atoms with E-state index in [0.717, 1.165) is 18.4 Å². The Morgan fingerprint density at radius 3 is 2.81 bits per heavy atom. The van der Waals surface area contributed by atoms with Gasteiger partial charge in [-0.3, -0.25) is 9.59 Å². The Bertz CT molecular complexity index is 1200. The van der Waals surface area contributed by atoms with Gasteiger partial charge in [0.05, 0.1) is 29.8 Å². The van der Waals surface area contributed by atoms with Crippen LogP contribution in [0.3, 0.4) is 0 Å². The van der Waals surface area contributed by atoms with E-state index in [-0.39, 0.29) is 11.8 Å². The highest BCUT2D eigenvalue weighted by molar-refractivity contribution is 6.31. The topological polar surface area (TPSA) is 124 Å². The van der Waals surface area contributed by atoms with Crippen molar-refractivity contribution in [2.45, 2.75) is 31.2 Å². The molecule has 5 rings (SSSR count). The van der Waals surface area contributed by atoms with Crippen LogP contribution in [0.5, 0.6) is 5.88 Å². The molecule has 0 saturated heterocycles. The van der Waals surface area contributed by atoms with Crippen LogP contribution in [0.4, 0.5) is 5.69 Å². The minimum absolute atomic E-state index is 0.0790. The van der Waals surface area contributed by atoms with Crippen molar-refractivity contribution in [3.8, 4) is 11.7 Å². The molecule has 2 aromatic heterocycles. The zero-order chi connectivity index (χ0) is 21.8. The second-order valence-electron chi connectivity index (χ2n) is 7.57. The van der Waals surface area contributed by atoms with Gasteiger partial charge < -0.3 is 15.4 Å². The van der Waals surface area contributed by atoms with Crippen LogP contribution in [0, 0.1) is 0 Å². The normalized spacial score (nSPS) is 16.5. The largest absolute Gasteiger partial charge is 0.480 e. The van der Waals surface area contributed by atoms with E-state index in [4.69, 9.17) is 16.3 Å². The van der Waals surface area contributed by atoms with Gasteiger partial charge in [0.15, 0.2) is 11.6 Å². The molecule has 0 bridgehead atoms. The van der Waals surface area contributed by atoms with Gasteiger partial charge in [0.1, 0.15) is 6.33 Å². The maximum Gasteiger partial charge on any atom is 0.254 e. The summed E-state index contributed by atoms with van der Waals surface area (Å²) < 4.78 is 6.51. The van der Waals surface area contributed by atoms with Crippen molar-refractivity contribution in [2.24, 2.45) is 0 Å². The van der Waals surface area contributed by atoms with E-state index in [1.54, 1.807) is 31.2 Å². The minimum Gasteiger partial charge on any atom is -0.480 e. The molecule has 1 aliphatic heterocycles. The van der Waals surface area contributed by atoms with Crippen LogP contribution in [-0.2, 0) is 10.2 Å². The standard InChI is InChI=1S/C20H18ClN7O3/c1-10(17-22-9-23-28(17)14-3-4-15(31-2)27-26-14)24-18(29)12-7-11(21)8-13-16(12)25-19(30)20(13)5-6-20/h3-4,7-10H,5-6H2,1-2H3,(H,24,29)(H,25,30)/t10-/m0/s1. The zero-order valence-corrected chi connectivity index (χ0v) is 17.5. The molecule has 0 unspecified atom stereocenters. The third kappa shape index (κ3) is 3.10. The second-order valence-corrected chi connectivity index (χ2v) is 8.01. The first-order valence-electron chi connectivity index (χ1n) is 9.67. The lowest BCUT2D eigenvalue weighted by Crippen LogP contribution is -2.29. The van der Waals surface area contributed by atoms with Crippen LogP contribution >= 0.6 is 11.6 Å². The molecule has 1 atom stereocenters. The number of carbonyl (C=O) groups excluding carboxylic acids is 2. The first kappa shape index (κ1) is 19.4. The van der Waals surface area contributed by atoms with Crippen LogP contribution in [-0.4, -0.2) is 43.9 Å². The van der Waals surface area contributed by atoms with Crippen molar-refractivity contribution in [3.63, 3.8) is 0 Å². The SMILES string of the molecule is COc1ccc(-n2ncnc2[C@H](C)NC(=O)c2cc(Cl)cc3c2NC(=O)C32CC2)nn1. The Morgan fingerprint density at radius 1 is 1.32 bits per heavy atom. The number of aromatic nitrogens is 5. The molecule has 1 fully saturated rings. The van der Waals surface area contributed by atoms with Gasteiger partial charge >= 0.3 is 0 Å². The summed E-state index contributed by atoms with van der Waals surface area (Å²) in [6.45, 7) is 1.78. The summed E-state index contributed by atoms with van der Waals surface area (Å²) in [5.74, 6) is 0.816. The zero-order valence-electron chi connectivity index (χ0n) is 16.7. The number of nitrogens with one attached hydrogen (secondary N) is 2. The summed E-state index contributed by atoms with van der Waals surface area (Å²) in [4.78, 5) is 29.8. The average molecular weight is 440 g/mol. The van der Waals surface area contributed by atoms with Gasteiger partial charge in [-0.05, 0) is 43.5 Å². The van der Waals surface area contributed by atoms with Crippen molar-refractivity contribution in [1.82, 2.24) is 30.3 Å². The summed E-state index contributed by atoms with van der Waals surface area (Å²) >= 11 is 6.27. The first-order valence-corrected chi connectivity index (χ1v) is 10.0. The van der Waals surface area contributed by atoms with E-state index in [0.29, 0.717) is 33.8 Å². The molecule has 1 spiro atoms. The van der Waals surface area contributed by atoms with Gasteiger partial charge in [-0.15, -0.1) is 10.2 Å². The number of hydrogen-bond donors (Lipinski definition) is 2. The Hall–Kier alpha value is -3.53. The number of rotatable bonds is 5. The number of ether oxygens (including phenoxy) is 1. The summed E-state index contributed by atoms with van der Waals surface area (Å²) in [5, 5.41) is 18.4. The summed E-state index contributed by atoms with van der Waals surface area (Å²) in [5.41, 5.74) is 1.11. The third-order valence-electron chi connectivity index (χ3n) is 5.65. The number of methoxy groups -OCH3 is 1. The van der Waals surface area contributed by atoms with E-state index in [1.165, 1.54) is 18.1 Å². The van der Waals surface area contributed by atoms with E-state index >= 15 is 0 Å². The number of benzene rings is 1. The van der Waals surface area contributed by atoms with Crippen molar-refractivity contribution < 1.29 is 14.3 Å². The monoisotopic (exact) mass is 439 g/mol. The number of halogens is 1. The number of amides is 2. The molecule has 2 aliphatic rings. The van der Waals surface area contributed by atoms with Crippen LogP contribution in [0.1, 0.15) is 47.6 Å². The van der Waals surface area contributed by atoms with E-state index < -0.39 is 11.5 Å². The molecule has 1 aliphatic carbocycles. The Kier molecular flexibility index (Phi) is 4.40. The van der Waals surface area contributed by atoms with Crippen LogP contribution in [0.2, 0.25) is 5.02 Å². The molecule has 158 valence electrons. The van der Waals surface area contributed by atoms with Gasteiger partial charge in [-0.2, -0.15) is 9.78 Å². The first-order chi connectivity index (χ1) is 14.9. The van der Waals surface area contributed by atoms with Gasteiger partial charge in [-0.1, -0.05) is 11.6 Å². The molecule has 3 heterocycles. The lowest BCUT2D eigenvalue weighted by molar-refractivity contribution is -0.117. The van der Waals surface area contributed by atoms with Crippen molar-refractivity contribution in [1.29, 1.82) is 0 Å². The van der Waals surface area contributed by atoms with Gasteiger partial charge in [0.25, 0.3) is 5.91 Å². The number of hydrogen-bond acceptors (Lipinski definition) is 7. The fourth-order valence-electron chi connectivity index (χ4n) is 3.87. The van der Waals surface area contributed by atoms with Crippen molar-refractivity contribution in [3.05, 3.63) is 52.6 Å². The summed E-state index contributed by atoms with van der Waals surface area (Å²) in [6.07, 6.45) is 2.89. The second kappa shape index (κ2) is 7.02. The summed E-state index contributed by atoms with van der Waals surface area (Å²) in [6, 6.07) is 6.15. The molecule has 2 amide bonds.